The third-order valence-corrected chi connectivity index (χ3v) is 0. The van der Waals surface area contributed by atoms with E-state index in [1.54, 1.807) is 0 Å². The Hall–Kier alpha value is 0.777. The zero-order valence-corrected chi connectivity index (χ0v) is 5.76. The fourth-order valence-electron chi connectivity index (χ4n) is 0. The van der Waals surface area contributed by atoms with Crippen molar-refractivity contribution in [2.75, 3.05) is 0 Å². The van der Waals surface area contributed by atoms with Gasteiger partial charge in [0.05, 0.1) is 0 Å². The van der Waals surface area contributed by atoms with E-state index in [2.05, 4.69) is 0 Å². The molecule has 1 N–H and O–H groups in total. The summed E-state index contributed by atoms with van der Waals surface area (Å²) >= 11 is 0. The summed E-state index contributed by atoms with van der Waals surface area (Å²) < 4.78 is 16.8. The molecule has 0 atom stereocenters. The van der Waals surface area contributed by atoms with Gasteiger partial charge in [-0.15, -0.1) is 0 Å². The first kappa shape index (κ1) is 17.1. The molecule has 0 aliphatic heterocycles. The van der Waals surface area contributed by atoms with Gasteiger partial charge in [0.15, 0.2) is 0 Å². The molecule has 24 valence electrons. The molecule has 0 spiro atoms. The summed E-state index contributed by atoms with van der Waals surface area (Å²) in [5.74, 6) is 0. The van der Waals surface area contributed by atoms with Gasteiger partial charge >= 0.3 is 38.8 Å². The largest absolute Gasteiger partial charge is 1.00 e. The van der Waals surface area contributed by atoms with E-state index < -0.39 is 9.29 Å². The summed E-state index contributed by atoms with van der Waals surface area (Å²) in [6.45, 7) is 0. The van der Waals surface area contributed by atoms with Crippen molar-refractivity contribution in [3.05, 3.63) is 0 Å². The molecule has 0 radical (unpaired) electrons. The monoisotopic (exact) mass is 100.0 g/mol. The summed E-state index contributed by atoms with van der Waals surface area (Å²) in [4.78, 5) is 0. The van der Waals surface area contributed by atoms with E-state index in [4.69, 9.17) is 8.92 Å². The second-order valence-electron chi connectivity index (χ2n) is 0.0833. The van der Waals surface area contributed by atoms with Crippen LogP contribution in [-0.4, -0.2) is 14.8 Å². The van der Waals surface area contributed by atoms with Crippen molar-refractivity contribution in [2.45, 2.75) is 0 Å². The molecule has 0 amide bonds. The van der Waals surface area contributed by atoms with Gasteiger partial charge in [-0.1, -0.05) is 0 Å². The summed E-state index contributed by atoms with van der Waals surface area (Å²) in [5.41, 5.74) is 0. The fraction of sp³-hybridized carbons (Fsp3) is 0. The minimum atomic E-state index is -1.42. The molecule has 0 aliphatic carbocycles. The quantitative estimate of drug-likeness (QED) is 0.293. The van der Waals surface area contributed by atoms with Crippen LogP contribution in [0.5, 0.6) is 0 Å². The standard InChI is InChI=1S/Na.O2Si.H2O/c;1-3-2;/h;;1H2/q+1;;/p-1. The summed E-state index contributed by atoms with van der Waals surface area (Å²) in [6.07, 6.45) is 0. The van der Waals surface area contributed by atoms with Crippen molar-refractivity contribution in [2.24, 2.45) is 0 Å². The van der Waals surface area contributed by atoms with Crippen molar-refractivity contribution in [3.8, 4) is 0 Å². The normalized spacial score (nSPS) is 1.60. The molecule has 5 heteroatoms. The molecule has 0 aliphatic rings. The van der Waals surface area contributed by atoms with E-state index >= 15 is 0 Å². The Kier molecular flexibility index (Phi) is 73.8. The molecule has 0 saturated carbocycles. The van der Waals surface area contributed by atoms with Gasteiger partial charge in [-0.25, -0.2) is 0 Å². The van der Waals surface area contributed by atoms with Crippen molar-refractivity contribution >= 4 is 9.29 Å². The summed E-state index contributed by atoms with van der Waals surface area (Å²) in [7, 11) is -1.42. The number of rotatable bonds is 0. The third-order valence-electron chi connectivity index (χ3n) is 0. The first-order valence-electron chi connectivity index (χ1n) is 0.408. The molecule has 0 aromatic carbocycles. The average Bonchev–Trinajstić information content (AvgIpc) is 0.918. The molecule has 5 heavy (non-hydrogen) atoms. The SMILES string of the molecule is O=[Si]=O.[Na+].[OH-]. The fourth-order valence-corrected chi connectivity index (χ4v) is 0. The molecule has 0 aromatic rings. The maximum atomic E-state index is 8.40. The molecule has 0 aromatic heterocycles. The third kappa shape index (κ3) is 61.0. The topological polar surface area (TPSA) is 64.1 Å². The van der Waals surface area contributed by atoms with Crippen LogP contribution in [0.3, 0.4) is 0 Å². The Bertz CT molecular complexity index is 27.9. The molecular formula is HNaO3Si. The molecule has 0 heterocycles. The van der Waals surface area contributed by atoms with Gasteiger partial charge < -0.3 is 5.48 Å². The van der Waals surface area contributed by atoms with Crippen LogP contribution in [0.4, 0.5) is 0 Å². The minimum Gasteiger partial charge on any atom is -0.870 e. The van der Waals surface area contributed by atoms with E-state index in [1.807, 2.05) is 0 Å². The Labute approximate surface area is 53.3 Å². The van der Waals surface area contributed by atoms with Gasteiger partial charge in [-0.2, -0.15) is 0 Å². The van der Waals surface area contributed by atoms with Crippen LogP contribution in [0, 0.1) is 0 Å². The molecule has 0 bridgehead atoms. The van der Waals surface area contributed by atoms with Gasteiger partial charge in [0.25, 0.3) is 0 Å². The smallest absolute Gasteiger partial charge is 0.870 e. The summed E-state index contributed by atoms with van der Waals surface area (Å²) in [6, 6.07) is 0. The number of hydrogen-bond donors (Lipinski definition) is 0. The predicted octanol–water partition coefficient (Wildman–Crippen LogP) is -3.79. The maximum Gasteiger partial charge on any atom is 1.00 e. The van der Waals surface area contributed by atoms with E-state index in [9.17, 15) is 0 Å². The Morgan fingerprint density at radius 3 is 1.20 bits per heavy atom. The first-order valence-corrected chi connectivity index (χ1v) is 1.22. The minimum absolute atomic E-state index is 0. The van der Waals surface area contributed by atoms with Crippen LogP contribution in [0.15, 0.2) is 0 Å². The molecule has 0 unspecified atom stereocenters. The Morgan fingerprint density at radius 2 is 1.20 bits per heavy atom. The van der Waals surface area contributed by atoms with Gasteiger partial charge in [-0.05, 0) is 0 Å². The van der Waals surface area contributed by atoms with Crippen molar-refractivity contribution < 1.29 is 44.0 Å². The maximum absolute atomic E-state index is 8.40. The van der Waals surface area contributed by atoms with E-state index in [0.29, 0.717) is 0 Å². The van der Waals surface area contributed by atoms with Gasteiger partial charge in [0, 0.05) is 0 Å². The van der Waals surface area contributed by atoms with Crippen LogP contribution in [0.25, 0.3) is 0 Å². The van der Waals surface area contributed by atoms with E-state index in [-0.39, 0.29) is 35.0 Å². The van der Waals surface area contributed by atoms with Crippen molar-refractivity contribution in [1.82, 2.24) is 0 Å². The first-order chi connectivity index (χ1) is 1.41. The summed E-state index contributed by atoms with van der Waals surface area (Å²) in [5, 5.41) is 0. The van der Waals surface area contributed by atoms with E-state index in [0.717, 1.165) is 0 Å². The second-order valence-corrected chi connectivity index (χ2v) is 0.250. The van der Waals surface area contributed by atoms with Gasteiger partial charge in [-0.3, -0.25) is 8.92 Å². The zero-order valence-electron chi connectivity index (χ0n) is 2.76. The van der Waals surface area contributed by atoms with E-state index in [1.165, 1.54) is 0 Å². The Balaban J connectivity index is -0.0000000200. The van der Waals surface area contributed by atoms with Crippen molar-refractivity contribution in [3.63, 3.8) is 0 Å². The molecule has 3 nitrogen and oxygen atoms in total. The van der Waals surface area contributed by atoms with Crippen LogP contribution >= 0.6 is 0 Å². The van der Waals surface area contributed by atoms with Crippen molar-refractivity contribution in [1.29, 1.82) is 0 Å². The predicted molar refractivity (Wildman–Crippen MR) is 9.06 cm³/mol. The Morgan fingerprint density at radius 1 is 1.20 bits per heavy atom. The van der Waals surface area contributed by atoms with Crippen LogP contribution < -0.4 is 29.6 Å². The molecular weight excluding hydrogens is 99.1 g/mol. The zero-order chi connectivity index (χ0) is 2.71. The molecule has 0 rings (SSSR count). The van der Waals surface area contributed by atoms with Crippen LogP contribution in [0.1, 0.15) is 0 Å². The van der Waals surface area contributed by atoms with Crippen LogP contribution in [0.2, 0.25) is 0 Å². The number of hydrogen-bond acceptors (Lipinski definition) is 3. The van der Waals surface area contributed by atoms with Gasteiger partial charge in [0.2, 0.25) is 0 Å². The second kappa shape index (κ2) is 21.6. The van der Waals surface area contributed by atoms with Crippen LogP contribution in [-0.2, 0) is 8.92 Å². The molecule has 0 fully saturated rings. The average molecular weight is 100 g/mol. The molecule has 0 saturated heterocycles. The van der Waals surface area contributed by atoms with Gasteiger partial charge in [0.1, 0.15) is 0 Å².